The Labute approximate surface area is 99.6 Å². The first kappa shape index (κ1) is 12.1. The maximum absolute atomic E-state index is 3.45. The van der Waals surface area contributed by atoms with E-state index in [0.717, 1.165) is 5.33 Å². The second-order valence-corrected chi connectivity index (χ2v) is 5.44. The Morgan fingerprint density at radius 3 is 2.64 bits per heavy atom. The molecule has 0 radical (unpaired) electrons. The van der Waals surface area contributed by atoms with Crippen molar-refractivity contribution in [1.29, 1.82) is 0 Å². The number of hydrogen-bond acceptors (Lipinski definition) is 1. The Kier molecular flexibility index (Phi) is 5.64. The zero-order chi connectivity index (χ0) is 10.4. The number of unbranched alkanes of at least 4 members (excludes halogenated alkanes) is 1. The zero-order valence-electron chi connectivity index (χ0n) is 8.85. The highest BCUT2D eigenvalue weighted by atomic mass is 79.9. The third-order valence-corrected chi connectivity index (χ3v) is 3.94. The normalized spacial score (nSPS) is 10.5. The number of thioether (sulfide) groups is 1. The predicted octanol–water partition coefficient (Wildman–Crippen LogP) is 4.57. The molecule has 0 bridgehead atoms. The first-order valence-electron chi connectivity index (χ1n) is 5.00. The molecule has 1 aromatic rings. The van der Waals surface area contributed by atoms with Gasteiger partial charge >= 0.3 is 0 Å². The van der Waals surface area contributed by atoms with E-state index in [-0.39, 0.29) is 0 Å². The zero-order valence-corrected chi connectivity index (χ0v) is 11.2. The van der Waals surface area contributed by atoms with Crippen LogP contribution in [-0.4, -0.2) is 11.1 Å². The van der Waals surface area contributed by atoms with E-state index in [1.54, 1.807) is 0 Å². The van der Waals surface area contributed by atoms with Crippen LogP contribution in [0.1, 0.15) is 24.0 Å². The highest BCUT2D eigenvalue weighted by Crippen LogP contribution is 2.24. The topological polar surface area (TPSA) is 0 Å². The molecule has 0 atom stereocenters. The molecule has 0 saturated heterocycles. The molecule has 2 heteroatoms. The molecular weight excluding hydrogens is 256 g/mol. The summed E-state index contributed by atoms with van der Waals surface area (Å²) in [7, 11) is 0. The van der Waals surface area contributed by atoms with Gasteiger partial charge in [0.15, 0.2) is 0 Å². The molecule has 78 valence electrons. The van der Waals surface area contributed by atoms with Crippen LogP contribution in [0.3, 0.4) is 0 Å². The van der Waals surface area contributed by atoms with Crippen LogP contribution in [0.15, 0.2) is 23.1 Å². The summed E-state index contributed by atoms with van der Waals surface area (Å²) >= 11 is 5.43. The van der Waals surface area contributed by atoms with Crippen LogP contribution in [-0.2, 0) is 0 Å². The van der Waals surface area contributed by atoms with E-state index in [4.69, 9.17) is 0 Å². The lowest BCUT2D eigenvalue weighted by molar-refractivity contribution is 0.912. The van der Waals surface area contributed by atoms with Crippen LogP contribution >= 0.6 is 27.7 Å². The average Bonchev–Trinajstić information content (AvgIpc) is 2.15. The van der Waals surface area contributed by atoms with Gasteiger partial charge in [-0.05, 0) is 44.1 Å². The van der Waals surface area contributed by atoms with Gasteiger partial charge in [0, 0.05) is 10.2 Å². The van der Waals surface area contributed by atoms with Crippen molar-refractivity contribution in [3.8, 4) is 0 Å². The minimum atomic E-state index is 1.13. The summed E-state index contributed by atoms with van der Waals surface area (Å²) in [6, 6.07) is 6.69. The van der Waals surface area contributed by atoms with Crippen LogP contribution in [0.25, 0.3) is 0 Å². The van der Waals surface area contributed by atoms with E-state index in [0.29, 0.717) is 0 Å². The van der Waals surface area contributed by atoms with Gasteiger partial charge in [-0.3, -0.25) is 0 Å². The van der Waals surface area contributed by atoms with E-state index in [1.807, 2.05) is 11.8 Å². The minimum absolute atomic E-state index is 1.13. The third kappa shape index (κ3) is 4.05. The van der Waals surface area contributed by atoms with Gasteiger partial charge in [0.1, 0.15) is 0 Å². The Morgan fingerprint density at radius 2 is 2.00 bits per heavy atom. The summed E-state index contributed by atoms with van der Waals surface area (Å²) in [4.78, 5) is 1.44. The van der Waals surface area contributed by atoms with Gasteiger partial charge in [0.25, 0.3) is 0 Å². The lowest BCUT2D eigenvalue weighted by atomic mass is 10.2. The number of benzene rings is 1. The summed E-state index contributed by atoms with van der Waals surface area (Å²) in [5.41, 5.74) is 2.76. The number of rotatable bonds is 5. The number of aryl methyl sites for hydroxylation is 2. The predicted molar refractivity (Wildman–Crippen MR) is 69.7 cm³/mol. The van der Waals surface area contributed by atoms with Crippen molar-refractivity contribution in [2.75, 3.05) is 11.1 Å². The number of hydrogen-bond donors (Lipinski definition) is 0. The van der Waals surface area contributed by atoms with Gasteiger partial charge in [-0.25, -0.2) is 0 Å². The molecule has 0 aliphatic heterocycles. The van der Waals surface area contributed by atoms with Gasteiger partial charge in [-0.1, -0.05) is 33.6 Å². The van der Waals surface area contributed by atoms with Crippen molar-refractivity contribution in [3.05, 3.63) is 29.3 Å². The van der Waals surface area contributed by atoms with Gasteiger partial charge in [0.05, 0.1) is 0 Å². The highest BCUT2D eigenvalue weighted by Gasteiger charge is 1.98. The first-order chi connectivity index (χ1) is 6.74. The molecular formula is C12H17BrS. The highest BCUT2D eigenvalue weighted by molar-refractivity contribution is 9.09. The van der Waals surface area contributed by atoms with Crippen LogP contribution in [0.4, 0.5) is 0 Å². The van der Waals surface area contributed by atoms with Crippen molar-refractivity contribution in [3.63, 3.8) is 0 Å². The second-order valence-electron chi connectivity index (χ2n) is 3.51. The molecule has 1 aromatic carbocycles. The first-order valence-corrected chi connectivity index (χ1v) is 7.11. The fourth-order valence-electron chi connectivity index (χ4n) is 1.34. The molecule has 0 spiro atoms. The van der Waals surface area contributed by atoms with Crippen LogP contribution in [0.5, 0.6) is 0 Å². The molecule has 0 nitrogen and oxygen atoms in total. The Balaban J connectivity index is 2.42. The largest absolute Gasteiger partial charge is 0.126 e. The summed E-state index contributed by atoms with van der Waals surface area (Å²) in [6.07, 6.45) is 2.57. The molecule has 0 saturated carbocycles. The van der Waals surface area contributed by atoms with Gasteiger partial charge in [0.2, 0.25) is 0 Å². The van der Waals surface area contributed by atoms with Crippen molar-refractivity contribution in [1.82, 2.24) is 0 Å². The molecule has 0 heterocycles. The fraction of sp³-hybridized carbons (Fsp3) is 0.500. The van der Waals surface area contributed by atoms with Crippen molar-refractivity contribution in [2.24, 2.45) is 0 Å². The van der Waals surface area contributed by atoms with Crippen molar-refractivity contribution >= 4 is 27.7 Å². The fourth-order valence-corrected chi connectivity index (χ4v) is 2.76. The molecule has 0 aromatic heterocycles. The molecule has 14 heavy (non-hydrogen) atoms. The smallest absolute Gasteiger partial charge is 0.0101 e. The summed E-state index contributed by atoms with van der Waals surface area (Å²) < 4.78 is 0. The molecule has 0 aliphatic carbocycles. The van der Waals surface area contributed by atoms with Gasteiger partial charge in [-0.2, -0.15) is 0 Å². The van der Waals surface area contributed by atoms with Gasteiger partial charge in [-0.15, -0.1) is 11.8 Å². The molecule has 0 N–H and O–H groups in total. The van der Waals surface area contributed by atoms with E-state index >= 15 is 0 Å². The van der Waals surface area contributed by atoms with E-state index in [1.165, 1.54) is 34.6 Å². The Bertz CT molecular complexity index is 284. The van der Waals surface area contributed by atoms with Crippen molar-refractivity contribution in [2.45, 2.75) is 31.6 Å². The SMILES string of the molecule is Cc1ccc(SCCCCBr)c(C)c1. The standard InChI is InChI=1S/C12H17BrS/c1-10-5-6-12(11(2)9-10)14-8-4-3-7-13/h5-6,9H,3-4,7-8H2,1-2H3. The van der Waals surface area contributed by atoms with Crippen LogP contribution in [0, 0.1) is 13.8 Å². The van der Waals surface area contributed by atoms with Gasteiger partial charge < -0.3 is 0 Å². The summed E-state index contributed by atoms with van der Waals surface area (Å²) in [5, 5.41) is 1.13. The molecule has 0 unspecified atom stereocenters. The maximum Gasteiger partial charge on any atom is 0.0101 e. The quantitative estimate of drug-likeness (QED) is 0.430. The van der Waals surface area contributed by atoms with E-state index in [9.17, 15) is 0 Å². The van der Waals surface area contributed by atoms with Crippen LogP contribution < -0.4 is 0 Å². The minimum Gasteiger partial charge on any atom is -0.126 e. The van der Waals surface area contributed by atoms with E-state index in [2.05, 4.69) is 48.0 Å². The average molecular weight is 273 g/mol. The number of alkyl halides is 1. The Hall–Kier alpha value is 0.0500. The molecule has 1 rings (SSSR count). The molecule has 0 amide bonds. The summed E-state index contributed by atoms with van der Waals surface area (Å²) in [6.45, 7) is 4.34. The Morgan fingerprint density at radius 1 is 1.21 bits per heavy atom. The number of halogens is 1. The lowest BCUT2D eigenvalue weighted by Gasteiger charge is -2.05. The third-order valence-electron chi connectivity index (χ3n) is 2.12. The maximum atomic E-state index is 3.45. The molecule has 0 fully saturated rings. The van der Waals surface area contributed by atoms with Crippen molar-refractivity contribution < 1.29 is 0 Å². The second kappa shape index (κ2) is 6.52. The lowest BCUT2D eigenvalue weighted by Crippen LogP contribution is -1.85. The monoisotopic (exact) mass is 272 g/mol. The van der Waals surface area contributed by atoms with E-state index < -0.39 is 0 Å². The van der Waals surface area contributed by atoms with Crippen LogP contribution in [0.2, 0.25) is 0 Å². The molecule has 0 aliphatic rings. The summed E-state index contributed by atoms with van der Waals surface area (Å²) in [5.74, 6) is 1.23.